The molecule has 4 aromatic heterocycles. The van der Waals surface area contributed by atoms with Crippen LogP contribution in [0, 0.1) is 0 Å². The zero-order chi connectivity index (χ0) is 16.8. The molecule has 5 heterocycles. The molecule has 0 saturated carbocycles. The van der Waals surface area contributed by atoms with Gasteiger partial charge in [0.05, 0.1) is 18.0 Å². The van der Waals surface area contributed by atoms with E-state index in [-0.39, 0.29) is 6.04 Å². The Kier molecular flexibility index (Phi) is 3.24. The van der Waals surface area contributed by atoms with Crippen molar-refractivity contribution in [1.29, 1.82) is 0 Å². The van der Waals surface area contributed by atoms with Crippen LogP contribution in [0.15, 0.2) is 42.2 Å². The molecule has 5 rings (SSSR count). The van der Waals surface area contributed by atoms with Crippen LogP contribution in [-0.2, 0) is 6.54 Å². The third-order valence-electron chi connectivity index (χ3n) is 4.46. The number of anilines is 1. The average molecular weight is 349 g/mol. The van der Waals surface area contributed by atoms with Crippen molar-refractivity contribution in [3.63, 3.8) is 0 Å². The summed E-state index contributed by atoms with van der Waals surface area (Å²) in [6.45, 7) is 3.69. The Morgan fingerprint density at radius 2 is 2.08 bits per heavy atom. The van der Waals surface area contributed by atoms with E-state index in [1.807, 2.05) is 18.2 Å². The fourth-order valence-corrected chi connectivity index (χ4v) is 4.12. The highest BCUT2D eigenvalue weighted by molar-refractivity contribution is 7.16. The molecule has 0 radical (unpaired) electrons. The molecule has 0 amide bonds. The van der Waals surface area contributed by atoms with E-state index in [2.05, 4.69) is 53.0 Å². The fourth-order valence-electron chi connectivity index (χ4n) is 3.39. The van der Waals surface area contributed by atoms with Crippen molar-refractivity contribution in [2.45, 2.75) is 19.5 Å². The van der Waals surface area contributed by atoms with E-state index in [1.165, 1.54) is 0 Å². The summed E-state index contributed by atoms with van der Waals surface area (Å²) in [4.78, 5) is 16.6. The third-order valence-corrected chi connectivity index (χ3v) is 5.28. The molecule has 124 valence electrons. The first kappa shape index (κ1) is 14.5. The van der Waals surface area contributed by atoms with Gasteiger partial charge in [-0.1, -0.05) is 6.07 Å². The highest BCUT2D eigenvalue weighted by Gasteiger charge is 2.29. The molecule has 0 bridgehead atoms. The summed E-state index contributed by atoms with van der Waals surface area (Å²) in [6, 6.07) is 8.15. The molecule has 1 atom stereocenters. The second-order valence-corrected chi connectivity index (χ2v) is 6.99. The molecule has 4 aromatic rings. The van der Waals surface area contributed by atoms with Crippen molar-refractivity contribution in [1.82, 2.24) is 29.7 Å². The molecule has 0 spiro atoms. The van der Waals surface area contributed by atoms with E-state index in [0.717, 1.165) is 39.9 Å². The maximum atomic E-state index is 4.53. The largest absolute Gasteiger partial charge is 0.346 e. The lowest BCUT2D eigenvalue weighted by Crippen LogP contribution is -2.37. The Labute approximate surface area is 148 Å². The SMILES string of the molecule is C[C@H]1CN(c2ncnc3sccc23)Cc2nnc(-c3ccccn3)n21. The highest BCUT2D eigenvalue weighted by Crippen LogP contribution is 2.32. The van der Waals surface area contributed by atoms with Crippen molar-refractivity contribution in [2.75, 3.05) is 11.4 Å². The van der Waals surface area contributed by atoms with Crippen LogP contribution in [0.25, 0.3) is 21.7 Å². The predicted molar refractivity (Wildman–Crippen MR) is 96.4 cm³/mol. The fraction of sp³-hybridized carbons (Fsp3) is 0.235. The molecule has 1 aliphatic heterocycles. The van der Waals surface area contributed by atoms with Crippen LogP contribution in [-0.4, -0.2) is 36.3 Å². The second kappa shape index (κ2) is 5.59. The molecule has 8 heteroatoms. The van der Waals surface area contributed by atoms with Crippen LogP contribution in [0.1, 0.15) is 18.8 Å². The normalized spacial score (nSPS) is 17.0. The summed E-state index contributed by atoms with van der Waals surface area (Å²) in [5.74, 6) is 2.72. The van der Waals surface area contributed by atoms with E-state index in [0.29, 0.717) is 6.54 Å². The van der Waals surface area contributed by atoms with Gasteiger partial charge in [0.1, 0.15) is 22.7 Å². The number of thiophene rings is 1. The molecule has 7 nitrogen and oxygen atoms in total. The maximum absolute atomic E-state index is 4.53. The van der Waals surface area contributed by atoms with Gasteiger partial charge in [-0.3, -0.25) is 4.98 Å². The van der Waals surface area contributed by atoms with Gasteiger partial charge in [0.25, 0.3) is 0 Å². The van der Waals surface area contributed by atoms with Crippen LogP contribution in [0.4, 0.5) is 5.82 Å². The molecule has 0 unspecified atom stereocenters. The van der Waals surface area contributed by atoms with E-state index in [9.17, 15) is 0 Å². The molecule has 25 heavy (non-hydrogen) atoms. The van der Waals surface area contributed by atoms with Crippen molar-refractivity contribution < 1.29 is 0 Å². The minimum Gasteiger partial charge on any atom is -0.346 e. The van der Waals surface area contributed by atoms with Gasteiger partial charge in [0, 0.05) is 12.7 Å². The van der Waals surface area contributed by atoms with Crippen LogP contribution in [0.5, 0.6) is 0 Å². The van der Waals surface area contributed by atoms with Crippen molar-refractivity contribution in [3.8, 4) is 11.5 Å². The molecule has 0 aliphatic carbocycles. The van der Waals surface area contributed by atoms with Crippen LogP contribution in [0.2, 0.25) is 0 Å². The lowest BCUT2D eigenvalue weighted by Gasteiger charge is -2.33. The Bertz CT molecular complexity index is 1040. The van der Waals surface area contributed by atoms with Gasteiger partial charge in [-0.25, -0.2) is 9.97 Å². The Morgan fingerprint density at radius 3 is 2.96 bits per heavy atom. The van der Waals surface area contributed by atoms with Crippen LogP contribution in [0.3, 0.4) is 0 Å². The van der Waals surface area contributed by atoms with Gasteiger partial charge >= 0.3 is 0 Å². The maximum Gasteiger partial charge on any atom is 0.182 e. The molecular formula is C17H15N7S. The van der Waals surface area contributed by atoms with Crippen molar-refractivity contribution in [3.05, 3.63) is 48.0 Å². The first-order valence-corrected chi connectivity index (χ1v) is 8.97. The number of hydrogen-bond acceptors (Lipinski definition) is 7. The number of nitrogens with zero attached hydrogens (tertiary/aromatic N) is 7. The zero-order valence-corrected chi connectivity index (χ0v) is 14.4. The first-order chi connectivity index (χ1) is 12.3. The van der Waals surface area contributed by atoms with Gasteiger partial charge in [-0.05, 0) is 30.5 Å². The van der Waals surface area contributed by atoms with Crippen molar-refractivity contribution in [2.24, 2.45) is 0 Å². The van der Waals surface area contributed by atoms with E-state index in [4.69, 9.17) is 0 Å². The highest BCUT2D eigenvalue weighted by atomic mass is 32.1. The van der Waals surface area contributed by atoms with Crippen LogP contribution >= 0.6 is 11.3 Å². The summed E-state index contributed by atoms with van der Waals surface area (Å²) < 4.78 is 2.19. The quantitative estimate of drug-likeness (QED) is 0.554. The van der Waals surface area contributed by atoms with E-state index >= 15 is 0 Å². The van der Waals surface area contributed by atoms with Gasteiger partial charge in [0.2, 0.25) is 0 Å². The monoisotopic (exact) mass is 349 g/mol. The number of aromatic nitrogens is 6. The van der Waals surface area contributed by atoms with Gasteiger partial charge in [-0.2, -0.15) is 0 Å². The molecule has 1 aliphatic rings. The second-order valence-electron chi connectivity index (χ2n) is 6.09. The zero-order valence-electron chi connectivity index (χ0n) is 13.6. The summed E-state index contributed by atoms with van der Waals surface area (Å²) in [5, 5.41) is 12.0. The number of fused-ring (bicyclic) bond motifs is 2. The molecule has 0 N–H and O–H groups in total. The predicted octanol–water partition coefficient (Wildman–Crippen LogP) is 2.93. The first-order valence-electron chi connectivity index (χ1n) is 8.09. The number of rotatable bonds is 2. The lowest BCUT2D eigenvalue weighted by molar-refractivity contribution is 0.465. The smallest absolute Gasteiger partial charge is 0.182 e. The molecule has 0 aromatic carbocycles. The molecular weight excluding hydrogens is 334 g/mol. The Hall–Kier alpha value is -2.87. The summed E-state index contributed by atoms with van der Waals surface area (Å²) in [5.41, 5.74) is 0.851. The Morgan fingerprint density at radius 1 is 1.12 bits per heavy atom. The van der Waals surface area contributed by atoms with Gasteiger partial charge in [0.15, 0.2) is 11.6 Å². The van der Waals surface area contributed by atoms with Crippen LogP contribution < -0.4 is 4.90 Å². The minimum absolute atomic E-state index is 0.222. The standard InChI is InChI=1S/C17H15N7S/c1-11-8-23(15-12-5-7-25-17(12)20-10-19-15)9-14-21-22-16(24(11)14)13-4-2-3-6-18-13/h2-7,10-11H,8-9H2,1H3/t11-/m0/s1. The summed E-state index contributed by atoms with van der Waals surface area (Å²) in [7, 11) is 0. The number of hydrogen-bond donors (Lipinski definition) is 0. The average Bonchev–Trinajstić information content (AvgIpc) is 3.29. The van der Waals surface area contributed by atoms with Crippen molar-refractivity contribution >= 4 is 27.4 Å². The molecule has 0 saturated heterocycles. The van der Waals surface area contributed by atoms with Gasteiger partial charge < -0.3 is 9.47 Å². The molecule has 0 fully saturated rings. The number of pyridine rings is 1. The Balaban J connectivity index is 1.56. The van der Waals surface area contributed by atoms with Gasteiger partial charge in [-0.15, -0.1) is 21.5 Å². The summed E-state index contributed by atoms with van der Waals surface area (Å²) in [6.07, 6.45) is 3.42. The lowest BCUT2D eigenvalue weighted by atomic mass is 10.2. The van der Waals surface area contributed by atoms with E-state index in [1.54, 1.807) is 23.9 Å². The third kappa shape index (κ3) is 2.29. The van der Waals surface area contributed by atoms with E-state index < -0.39 is 0 Å². The topological polar surface area (TPSA) is 72.6 Å². The minimum atomic E-state index is 0.222. The summed E-state index contributed by atoms with van der Waals surface area (Å²) >= 11 is 1.63.